The van der Waals surface area contributed by atoms with Gasteiger partial charge in [-0.25, -0.2) is 9.97 Å². The number of halogens is 1. The molecule has 2 aromatic carbocycles. The Balaban J connectivity index is 1.27. The van der Waals surface area contributed by atoms with Crippen LogP contribution in [-0.4, -0.2) is 31.8 Å². The van der Waals surface area contributed by atoms with Crippen LogP contribution in [0.4, 0.5) is 5.69 Å². The third-order valence-corrected chi connectivity index (χ3v) is 5.97. The summed E-state index contributed by atoms with van der Waals surface area (Å²) in [5.41, 5.74) is 2.59. The first-order chi connectivity index (χ1) is 15.0. The van der Waals surface area contributed by atoms with Crippen molar-refractivity contribution in [3.05, 3.63) is 69.8 Å². The van der Waals surface area contributed by atoms with Gasteiger partial charge >= 0.3 is 0 Å². The van der Waals surface area contributed by atoms with Crippen molar-refractivity contribution < 1.29 is 9.53 Å². The molecule has 31 heavy (non-hydrogen) atoms. The zero-order valence-corrected chi connectivity index (χ0v) is 18.9. The molecule has 0 bridgehead atoms. The number of carbonyl (C=O) groups is 1. The molecule has 0 unspecified atom stereocenters. The van der Waals surface area contributed by atoms with E-state index in [1.165, 1.54) is 11.8 Å². The van der Waals surface area contributed by atoms with Crippen molar-refractivity contribution in [2.24, 2.45) is 0 Å². The number of benzene rings is 2. The van der Waals surface area contributed by atoms with Crippen molar-refractivity contribution >= 4 is 46.3 Å². The van der Waals surface area contributed by atoms with Crippen molar-refractivity contribution in [3.8, 4) is 17.0 Å². The highest BCUT2D eigenvalue weighted by Crippen LogP contribution is 2.24. The number of nitrogens with one attached hydrogen (secondary N) is 2. The molecule has 4 aromatic rings. The average Bonchev–Trinajstić information content (AvgIpc) is 3.41. The van der Waals surface area contributed by atoms with Crippen molar-refractivity contribution in [3.63, 3.8) is 0 Å². The van der Waals surface area contributed by atoms with Crippen LogP contribution in [0, 0.1) is 6.92 Å². The lowest BCUT2D eigenvalue weighted by Crippen LogP contribution is -2.14. The standard InChI is InChI=1S/C21H18ClN5O2S2/c1-13-23-18(11-30-13)14-3-2-4-16(9-14)24-20(28)12-31-21-25-19(26-27-21)10-29-17-7-5-15(22)6-8-17/h2-9,11H,10,12H2,1H3,(H,24,28)(H,25,26,27). The van der Waals surface area contributed by atoms with Gasteiger partial charge in [-0.05, 0) is 43.3 Å². The van der Waals surface area contributed by atoms with Gasteiger partial charge in [0.1, 0.15) is 12.4 Å². The highest BCUT2D eigenvalue weighted by Gasteiger charge is 2.10. The van der Waals surface area contributed by atoms with Crippen LogP contribution in [0.1, 0.15) is 10.8 Å². The maximum absolute atomic E-state index is 12.3. The van der Waals surface area contributed by atoms with E-state index in [-0.39, 0.29) is 18.3 Å². The number of ether oxygens (including phenoxy) is 1. The smallest absolute Gasteiger partial charge is 0.234 e. The van der Waals surface area contributed by atoms with E-state index in [9.17, 15) is 4.79 Å². The summed E-state index contributed by atoms with van der Waals surface area (Å²) in [7, 11) is 0. The number of aromatic amines is 1. The lowest BCUT2D eigenvalue weighted by molar-refractivity contribution is -0.113. The van der Waals surface area contributed by atoms with Gasteiger partial charge in [0.05, 0.1) is 16.5 Å². The fourth-order valence-corrected chi connectivity index (χ4v) is 4.03. The van der Waals surface area contributed by atoms with Crippen LogP contribution in [0.3, 0.4) is 0 Å². The molecule has 4 rings (SSSR count). The lowest BCUT2D eigenvalue weighted by Gasteiger charge is -2.06. The second kappa shape index (κ2) is 9.95. The van der Waals surface area contributed by atoms with Gasteiger partial charge in [-0.1, -0.05) is 35.5 Å². The van der Waals surface area contributed by atoms with Gasteiger partial charge in [-0.2, -0.15) is 0 Å². The maximum Gasteiger partial charge on any atom is 0.234 e. The van der Waals surface area contributed by atoms with Gasteiger partial charge in [0.15, 0.2) is 5.82 Å². The number of amides is 1. The molecular formula is C21H18ClN5O2S2. The minimum absolute atomic E-state index is 0.139. The Kier molecular flexibility index (Phi) is 6.86. The van der Waals surface area contributed by atoms with E-state index < -0.39 is 0 Å². The van der Waals surface area contributed by atoms with Crippen LogP contribution in [0.15, 0.2) is 59.1 Å². The van der Waals surface area contributed by atoms with E-state index >= 15 is 0 Å². The fraction of sp³-hybridized carbons (Fsp3) is 0.143. The Labute approximate surface area is 192 Å². The number of aryl methyl sites for hydroxylation is 1. The molecule has 2 heterocycles. The third-order valence-electron chi connectivity index (χ3n) is 4.09. The van der Waals surface area contributed by atoms with Gasteiger partial charge in [-0.3, -0.25) is 9.89 Å². The largest absolute Gasteiger partial charge is 0.486 e. The molecule has 0 saturated heterocycles. The molecule has 0 atom stereocenters. The second-order valence-corrected chi connectivity index (χ2v) is 8.92. The zero-order valence-electron chi connectivity index (χ0n) is 16.5. The van der Waals surface area contributed by atoms with Crippen LogP contribution >= 0.6 is 34.7 Å². The van der Waals surface area contributed by atoms with E-state index in [1.807, 2.05) is 36.6 Å². The summed E-state index contributed by atoms with van der Waals surface area (Å²) in [6, 6.07) is 14.7. The monoisotopic (exact) mass is 471 g/mol. The van der Waals surface area contributed by atoms with Crippen molar-refractivity contribution in [1.82, 2.24) is 20.2 Å². The lowest BCUT2D eigenvalue weighted by atomic mass is 10.1. The Morgan fingerprint density at radius 2 is 2.06 bits per heavy atom. The number of nitrogens with zero attached hydrogens (tertiary/aromatic N) is 3. The fourth-order valence-electron chi connectivity index (χ4n) is 2.67. The van der Waals surface area contributed by atoms with Gasteiger partial charge in [-0.15, -0.1) is 16.4 Å². The molecule has 0 aliphatic rings. The predicted octanol–water partition coefficient (Wildman–Crippen LogP) is 5.20. The number of hydrogen-bond donors (Lipinski definition) is 2. The molecule has 10 heteroatoms. The van der Waals surface area contributed by atoms with E-state index in [4.69, 9.17) is 16.3 Å². The molecule has 0 aliphatic heterocycles. The molecule has 0 radical (unpaired) electrons. The highest BCUT2D eigenvalue weighted by molar-refractivity contribution is 7.99. The second-order valence-electron chi connectivity index (χ2n) is 6.48. The van der Waals surface area contributed by atoms with Gasteiger partial charge in [0.2, 0.25) is 11.1 Å². The number of anilines is 1. The van der Waals surface area contributed by atoms with Crippen LogP contribution in [0.25, 0.3) is 11.3 Å². The topological polar surface area (TPSA) is 92.8 Å². The Morgan fingerprint density at radius 1 is 1.23 bits per heavy atom. The molecule has 0 spiro atoms. The first kappa shape index (κ1) is 21.4. The Bertz CT molecular complexity index is 1180. The van der Waals surface area contributed by atoms with Gasteiger partial charge < -0.3 is 10.1 Å². The molecule has 158 valence electrons. The summed E-state index contributed by atoms with van der Waals surface area (Å²) in [6.07, 6.45) is 0. The first-order valence-corrected chi connectivity index (χ1v) is 11.5. The summed E-state index contributed by atoms with van der Waals surface area (Å²) in [5, 5.41) is 14.0. The van der Waals surface area contributed by atoms with Crippen molar-refractivity contribution in [1.29, 1.82) is 0 Å². The number of thioether (sulfide) groups is 1. The molecule has 0 saturated carbocycles. The number of hydrogen-bond acceptors (Lipinski definition) is 7. The van der Waals surface area contributed by atoms with E-state index in [1.54, 1.807) is 35.6 Å². The summed E-state index contributed by atoms with van der Waals surface area (Å²) in [4.78, 5) is 21.2. The molecule has 2 aromatic heterocycles. The van der Waals surface area contributed by atoms with Crippen molar-refractivity contribution in [2.75, 3.05) is 11.1 Å². The SMILES string of the molecule is Cc1nc(-c2cccc(NC(=O)CSc3n[nH]c(COc4ccc(Cl)cc4)n3)c2)cs1. The summed E-state index contributed by atoms with van der Waals surface area (Å²) < 4.78 is 5.63. The summed E-state index contributed by atoms with van der Waals surface area (Å²) in [6.45, 7) is 2.21. The number of rotatable bonds is 8. The number of H-pyrrole nitrogens is 1. The maximum atomic E-state index is 12.3. The normalized spacial score (nSPS) is 10.8. The molecule has 2 N–H and O–H groups in total. The quantitative estimate of drug-likeness (QED) is 0.343. The van der Waals surface area contributed by atoms with E-state index in [2.05, 4.69) is 25.5 Å². The molecule has 0 aliphatic carbocycles. The van der Waals surface area contributed by atoms with Crippen LogP contribution in [0.5, 0.6) is 5.75 Å². The number of thiazole rings is 1. The summed E-state index contributed by atoms with van der Waals surface area (Å²) >= 11 is 8.70. The van der Waals surface area contributed by atoms with E-state index in [0.29, 0.717) is 21.8 Å². The predicted molar refractivity (Wildman–Crippen MR) is 124 cm³/mol. The van der Waals surface area contributed by atoms with Gasteiger partial charge in [0.25, 0.3) is 0 Å². The summed E-state index contributed by atoms with van der Waals surface area (Å²) in [5.74, 6) is 1.31. The van der Waals surface area contributed by atoms with E-state index in [0.717, 1.165) is 22.0 Å². The minimum Gasteiger partial charge on any atom is -0.486 e. The van der Waals surface area contributed by atoms with Crippen molar-refractivity contribution in [2.45, 2.75) is 18.7 Å². The molecular weight excluding hydrogens is 454 g/mol. The zero-order chi connectivity index (χ0) is 21.6. The average molecular weight is 472 g/mol. The van der Waals surface area contributed by atoms with Crippen LogP contribution in [-0.2, 0) is 11.4 Å². The molecule has 0 fully saturated rings. The Hall–Kier alpha value is -2.88. The molecule has 1 amide bonds. The highest BCUT2D eigenvalue weighted by atomic mass is 35.5. The number of carbonyl (C=O) groups excluding carboxylic acids is 1. The third kappa shape index (κ3) is 6.06. The minimum atomic E-state index is -0.139. The van der Waals surface area contributed by atoms with Gasteiger partial charge in [0, 0.05) is 21.7 Å². The number of aromatic nitrogens is 4. The molecule has 7 nitrogen and oxygen atoms in total. The van der Waals surface area contributed by atoms with Crippen LogP contribution in [0.2, 0.25) is 5.02 Å². The first-order valence-electron chi connectivity index (χ1n) is 9.30. The Morgan fingerprint density at radius 3 is 2.84 bits per heavy atom. The van der Waals surface area contributed by atoms with Crippen LogP contribution < -0.4 is 10.1 Å².